The Kier molecular flexibility index (Phi) is 5.16. The molecule has 0 saturated carbocycles. The van der Waals surface area contributed by atoms with Gasteiger partial charge in [-0.15, -0.1) is 0 Å². The van der Waals surface area contributed by atoms with Gasteiger partial charge in [-0.2, -0.15) is 0 Å². The van der Waals surface area contributed by atoms with E-state index in [4.69, 9.17) is 4.74 Å². The van der Waals surface area contributed by atoms with Gasteiger partial charge in [-0.1, -0.05) is 31.2 Å². The highest BCUT2D eigenvalue weighted by Crippen LogP contribution is 2.25. The standard InChI is InChI=1S/C20H24N2O2/c1-3-15-4-6-16(7-5-15)19-14-21-12-13-22(19)20(23)17-8-10-18(24-2)11-9-17/h4-11,19,21H,3,12-14H2,1-2H3. The zero-order chi connectivity index (χ0) is 16.9. The molecule has 4 heteroatoms. The van der Waals surface area contributed by atoms with E-state index in [-0.39, 0.29) is 11.9 Å². The number of benzene rings is 2. The maximum Gasteiger partial charge on any atom is 0.254 e. The molecule has 1 unspecified atom stereocenters. The van der Waals surface area contributed by atoms with Gasteiger partial charge in [0.05, 0.1) is 13.2 Å². The van der Waals surface area contributed by atoms with Crippen LogP contribution in [0.3, 0.4) is 0 Å². The number of hydrogen-bond acceptors (Lipinski definition) is 3. The molecular weight excluding hydrogens is 300 g/mol. The smallest absolute Gasteiger partial charge is 0.254 e. The molecule has 1 amide bonds. The normalized spacial score (nSPS) is 17.6. The van der Waals surface area contributed by atoms with Crippen molar-refractivity contribution in [3.05, 3.63) is 65.2 Å². The van der Waals surface area contributed by atoms with E-state index in [0.29, 0.717) is 12.1 Å². The van der Waals surface area contributed by atoms with Gasteiger partial charge >= 0.3 is 0 Å². The first-order chi connectivity index (χ1) is 11.7. The fraction of sp³-hybridized carbons (Fsp3) is 0.350. The summed E-state index contributed by atoms with van der Waals surface area (Å²) in [6.07, 6.45) is 1.03. The number of rotatable bonds is 4. The summed E-state index contributed by atoms with van der Waals surface area (Å²) in [6.45, 7) is 4.47. The number of nitrogens with one attached hydrogen (secondary N) is 1. The third kappa shape index (κ3) is 3.44. The van der Waals surface area contributed by atoms with Gasteiger partial charge in [0.25, 0.3) is 5.91 Å². The Balaban J connectivity index is 1.83. The highest BCUT2D eigenvalue weighted by Gasteiger charge is 2.28. The molecule has 1 heterocycles. The van der Waals surface area contributed by atoms with Gasteiger partial charge in [-0.25, -0.2) is 0 Å². The molecule has 24 heavy (non-hydrogen) atoms. The molecule has 0 bridgehead atoms. The van der Waals surface area contributed by atoms with Crippen LogP contribution in [0.25, 0.3) is 0 Å². The second-order valence-corrected chi connectivity index (χ2v) is 6.04. The largest absolute Gasteiger partial charge is 0.497 e. The zero-order valence-corrected chi connectivity index (χ0v) is 14.3. The van der Waals surface area contributed by atoms with E-state index >= 15 is 0 Å². The van der Waals surface area contributed by atoms with Crippen LogP contribution < -0.4 is 10.1 Å². The Bertz CT molecular complexity index is 680. The number of methoxy groups -OCH3 is 1. The molecule has 2 aromatic rings. The van der Waals surface area contributed by atoms with Crippen LogP contribution in [0.5, 0.6) is 5.75 Å². The number of piperazine rings is 1. The second kappa shape index (κ2) is 7.49. The molecule has 1 saturated heterocycles. The lowest BCUT2D eigenvalue weighted by molar-refractivity contribution is 0.0634. The number of carbonyl (C=O) groups is 1. The minimum Gasteiger partial charge on any atom is -0.497 e. The maximum absolute atomic E-state index is 13.0. The van der Waals surface area contributed by atoms with Gasteiger partial charge in [0.2, 0.25) is 0 Å². The molecular formula is C20H24N2O2. The molecule has 0 aromatic heterocycles. The molecule has 1 aliphatic rings. The fourth-order valence-corrected chi connectivity index (χ4v) is 3.12. The Morgan fingerprint density at radius 2 is 1.88 bits per heavy atom. The van der Waals surface area contributed by atoms with E-state index in [1.54, 1.807) is 7.11 Å². The van der Waals surface area contributed by atoms with Gasteiger partial charge in [-0.05, 0) is 41.8 Å². The van der Waals surface area contributed by atoms with Crippen LogP contribution in [-0.2, 0) is 6.42 Å². The molecule has 1 fully saturated rings. The first kappa shape index (κ1) is 16.5. The van der Waals surface area contributed by atoms with Crippen molar-refractivity contribution >= 4 is 5.91 Å². The summed E-state index contributed by atoms with van der Waals surface area (Å²) >= 11 is 0. The Hall–Kier alpha value is -2.33. The highest BCUT2D eigenvalue weighted by molar-refractivity contribution is 5.94. The summed E-state index contributed by atoms with van der Waals surface area (Å²) in [5.74, 6) is 0.835. The van der Waals surface area contributed by atoms with Crippen molar-refractivity contribution in [1.82, 2.24) is 10.2 Å². The molecule has 126 valence electrons. The second-order valence-electron chi connectivity index (χ2n) is 6.04. The Morgan fingerprint density at radius 1 is 1.17 bits per heavy atom. The summed E-state index contributed by atoms with van der Waals surface area (Å²) in [7, 11) is 1.63. The van der Waals surface area contributed by atoms with E-state index in [0.717, 1.165) is 25.3 Å². The van der Waals surface area contributed by atoms with Crippen molar-refractivity contribution in [2.75, 3.05) is 26.7 Å². The van der Waals surface area contributed by atoms with Crippen molar-refractivity contribution in [1.29, 1.82) is 0 Å². The van der Waals surface area contributed by atoms with Crippen molar-refractivity contribution in [2.45, 2.75) is 19.4 Å². The summed E-state index contributed by atoms with van der Waals surface area (Å²) in [5.41, 5.74) is 3.20. The van der Waals surface area contributed by atoms with E-state index < -0.39 is 0 Å². The maximum atomic E-state index is 13.0. The van der Waals surface area contributed by atoms with Crippen LogP contribution in [0.15, 0.2) is 48.5 Å². The number of aryl methyl sites for hydroxylation is 1. The van der Waals surface area contributed by atoms with Crippen LogP contribution >= 0.6 is 0 Å². The van der Waals surface area contributed by atoms with Crippen molar-refractivity contribution in [2.24, 2.45) is 0 Å². The van der Waals surface area contributed by atoms with Crippen LogP contribution in [0, 0.1) is 0 Å². The molecule has 3 rings (SSSR count). The number of ether oxygens (including phenoxy) is 1. The predicted octanol–water partition coefficient (Wildman–Crippen LogP) is 3.04. The molecule has 4 nitrogen and oxygen atoms in total. The number of carbonyl (C=O) groups excluding carboxylic acids is 1. The van der Waals surface area contributed by atoms with Gasteiger partial charge < -0.3 is 15.0 Å². The Morgan fingerprint density at radius 3 is 2.50 bits per heavy atom. The summed E-state index contributed by atoms with van der Waals surface area (Å²) in [5, 5.41) is 3.40. The molecule has 2 aromatic carbocycles. The zero-order valence-electron chi connectivity index (χ0n) is 14.3. The molecule has 1 aliphatic heterocycles. The number of hydrogen-bond donors (Lipinski definition) is 1. The monoisotopic (exact) mass is 324 g/mol. The lowest BCUT2D eigenvalue weighted by atomic mass is 10.00. The Labute approximate surface area is 143 Å². The van der Waals surface area contributed by atoms with Crippen LogP contribution in [0.4, 0.5) is 0 Å². The highest BCUT2D eigenvalue weighted by atomic mass is 16.5. The van der Waals surface area contributed by atoms with Crippen LogP contribution in [-0.4, -0.2) is 37.6 Å². The van der Waals surface area contributed by atoms with Crippen molar-refractivity contribution < 1.29 is 9.53 Å². The average Bonchev–Trinajstić information content (AvgIpc) is 2.67. The van der Waals surface area contributed by atoms with Crippen LogP contribution in [0.1, 0.15) is 34.5 Å². The summed E-state index contributed by atoms with van der Waals surface area (Å²) < 4.78 is 5.17. The van der Waals surface area contributed by atoms with Crippen molar-refractivity contribution in [3.8, 4) is 5.75 Å². The van der Waals surface area contributed by atoms with E-state index in [1.165, 1.54) is 11.1 Å². The summed E-state index contributed by atoms with van der Waals surface area (Å²) in [6, 6.07) is 16.0. The lowest BCUT2D eigenvalue weighted by Crippen LogP contribution is -2.48. The minimum atomic E-state index is 0.0688. The topological polar surface area (TPSA) is 41.6 Å². The van der Waals surface area contributed by atoms with Gasteiger partial charge in [0.1, 0.15) is 5.75 Å². The van der Waals surface area contributed by atoms with Crippen LogP contribution in [0.2, 0.25) is 0 Å². The lowest BCUT2D eigenvalue weighted by Gasteiger charge is -2.36. The first-order valence-electron chi connectivity index (χ1n) is 8.47. The predicted molar refractivity (Wildman–Crippen MR) is 95.5 cm³/mol. The summed E-state index contributed by atoms with van der Waals surface area (Å²) in [4.78, 5) is 14.9. The molecule has 1 N–H and O–H groups in total. The fourth-order valence-electron chi connectivity index (χ4n) is 3.12. The van der Waals surface area contributed by atoms with Crippen molar-refractivity contribution in [3.63, 3.8) is 0 Å². The average molecular weight is 324 g/mol. The third-order valence-corrected chi connectivity index (χ3v) is 4.61. The van der Waals surface area contributed by atoms with E-state index in [2.05, 4.69) is 36.5 Å². The number of amides is 1. The first-order valence-corrected chi connectivity index (χ1v) is 8.47. The van der Waals surface area contributed by atoms with E-state index in [9.17, 15) is 4.79 Å². The molecule has 0 spiro atoms. The molecule has 0 aliphatic carbocycles. The quantitative estimate of drug-likeness (QED) is 0.940. The SMILES string of the molecule is CCc1ccc(C2CNCCN2C(=O)c2ccc(OC)cc2)cc1. The third-order valence-electron chi connectivity index (χ3n) is 4.61. The molecule has 1 atom stereocenters. The van der Waals surface area contributed by atoms with Gasteiger partial charge in [-0.3, -0.25) is 4.79 Å². The van der Waals surface area contributed by atoms with E-state index in [1.807, 2.05) is 29.2 Å². The molecule has 0 radical (unpaired) electrons. The minimum absolute atomic E-state index is 0.0688. The number of nitrogens with zero attached hydrogens (tertiary/aromatic N) is 1. The van der Waals surface area contributed by atoms with Gasteiger partial charge in [0, 0.05) is 25.2 Å². The van der Waals surface area contributed by atoms with Gasteiger partial charge in [0.15, 0.2) is 0 Å².